The molecule has 3 heterocycles. The van der Waals surface area contributed by atoms with Crippen molar-refractivity contribution in [3.05, 3.63) is 34.9 Å². The Labute approximate surface area is 137 Å². The number of nitrogens with zero attached hydrogens (tertiary/aromatic N) is 2. The molecule has 4 rings (SSSR count). The number of ether oxygens (including phenoxy) is 2. The van der Waals surface area contributed by atoms with E-state index in [4.69, 9.17) is 9.47 Å². The summed E-state index contributed by atoms with van der Waals surface area (Å²) in [6, 6.07) is 6.62. The molecule has 0 saturated carbocycles. The van der Waals surface area contributed by atoms with Crippen molar-refractivity contribution in [2.24, 2.45) is 10.4 Å². The smallest absolute Gasteiger partial charge is 0.193 e. The van der Waals surface area contributed by atoms with E-state index < -0.39 is 0 Å². The number of nitrogens with one attached hydrogen (secondary N) is 1. The van der Waals surface area contributed by atoms with Crippen LogP contribution in [-0.4, -0.2) is 44.2 Å². The number of hydrogen-bond acceptors (Lipinski definition) is 3. The third kappa shape index (κ3) is 2.95. The number of benzene rings is 1. The summed E-state index contributed by atoms with van der Waals surface area (Å²) in [4.78, 5) is 6.86. The van der Waals surface area contributed by atoms with E-state index in [1.54, 1.807) is 0 Å². The summed E-state index contributed by atoms with van der Waals surface area (Å²) in [5, 5.41) is 3.52. The molecule has 5 nitrogen and oxygen atoms in total. The Balaban J connectivity index is 1.37. The maximum atomic E-state index is 5.62. The van der Waals surface area contributed by atoms with E-state index in [0.717, 1.165) is 52.0 Å². The second-order valence-electron chi connectivity index (χ2n) is 6.97. The van der Waals surface area contributed by atoms with E-state index in [-0.39, 0.29) is 0 Å². The third-order valence-corrected chi connectivity index (χ3v) is 5.37. The third-order valence-electron chi connectivity index (χ3n) is 5.37. The molecular formula is C18H25N3O2. The molecule has 1 aromatic carbocycles. The van der Waals surface area contributed by atoms with Crippen molar-refractivity contribution in [2.45, 2.75) is 32.6 Å². The van der Waals surface area contributed by atoms with Crippen molar-refractivity contribution in [3.8, 4) is 0 Å². The van der Waals surface area contributed by atoms with Gasteiger partial charge < -0.3 is 19.7 Å². The number of likely N-dealkylation sites (tertiary alicyclic amines) is 1. The van der Waals surface area contributed by atoms with Gasteiger partial charge in [-0.2, -0.15) is 0 Å². The van der Waals surface area contributed by atoms with Crippen molar-refractivity contribution in [1.29, 1.82) is 0 Å². The quantitative estimate of drug-likeness (QED) is 0.669. The minimum Gasteiger partial charge on any atom is -0.381 e. The highest BCUT2D eigenvalue weighted by Gasteiger charge is 2.42. The molecule has 0 aromatic heterocycles. The van der Waals surface area contributed by atoms with Crippen LogP contribution in [0.25, 0.3) is 0 Å². The lowest BCUT2D eigenvalue weighted by Crippen LogP contribution is -2.41. The summed E-state index contributed by atoms with van der Waals surface area (Å²) in [6.07, 6.45) is 2.40. The lowest BCUT2D eigenvalue weighted by Gasteiger charge is -2.25. The van der Waals surface area contributed by atoms with Crippen LogP contribution >= 0.6 is 0 Å². The Kier molecular flexibility index (Phi) is 3.99. The van der Waals surface area contributed by atoms with Gasteiger partial charge in [-0.05, 0) is 29.5 Å². The number of aliphatic imine (C=N–C) groups is 1. The van der Waals surface area contributed by atoms with Gasteiger partial charge in [-0.1, -0.05) is 18.2 Å². The predicted molar refractivity (Wildman–Crippen MR) is 89.2 cm³/mol. The van der Waals surface area contributed by atoms with Crippen molar-refractivity contribution in [1.82, 2.24) is 10.2 Å². The van der Waals surface area contributed by atoms with E-state index in [1.807, 2.05) is 7.05 Å². The van der Waals surface area contributed by atoms with Crippen LogP contribution in [-0.2, 0) is 29.2 Å². The topological polar surface area (TPSA) is 46.1 Å². The first kappa shape index (κ1) is 15.0. The van der Waals surface area contributed by atoms with Gasteiger partial charge in [0.25, 0.3) is 0 Å². The maximum absolute atomic E-state index is 5.62. The molecule has 1 N–H and O–H groups in total. The van der Waals surface area contributed by atoms with Crippen LogP contribution in [0.4, 0.5) is 0 Å². The van der Waals surface area contributed by atoms with Crippen LogP contribution in [0.3, 0.4) is 0 Å². The van der Waals surface area contributed by atoms with Crippen molar-refractivity contribution in [2.75, 3.05) is 33.4 Å². The molecule has 5 heteroatoms. The van der Waals surface area contributed by atoms with Gasteiger partial charge in [0.15, 0.2) is 5.96 Å². The maximum Gasteiger partial charge on any atom is 0.193 e. The lowest BCUT2D eigenvalue weighted by atomic mass is 9.87. The normalized spacial score (nSPS) is 27.0. The van der Waals surface area contributed by atoms with E-state index in [0.29, 0.717) is 5.41 Å². The highest BCUT2D eigenvalue weighted by atomic mass is 16.5. The van der Waals surface area contributed by atoms with Gasteiger partial charge in [0.1, 0.15) is 0 Å². The Hall–Kier alpha value is -1.59. The Morgan fingerprint density at radius 1 is 1.26 bits per heavy atom. The molecule has 3 aliphatic rings. The summed E-state index contributed by atoms with van der Waals surface area (Å²) >= 11 is 0. The largest absolute Gasteiger partial charge is 0.381 e. The van der Waals surface area contributed by atoms with E-state index in [2.05, 4.69) is 33.4 Å². The fourth-order valence-electron chi connectivity index (χ4n) is 3.94. The van der Waals surface area contributed by atoms with Crippen molar-refractivity contribution >= 4 is 5.96 Å². The summed E-state index contributed by atoms with van der Waals surface area (Å²) in [5.41, 5.74) is 4.29. The molecule has 1 aromatic rings. The fourth-order valence-corrected chi connectivity index (χ4v) is 3.94. The molecule has 1 atom stereocenters. The van der Waals surface area contributed by atoms with Gasteiger partial charge >= 0.3 is 0 Å². The second kappa shape index (κ2) is 6.13. The van der Waals surface area contributed by atoms with E-state index in [9.17, 15) is 0 Å². The van der Waals surface area contributed by atoms with E-state index in [1.165, 1.54) is 29.5 Å². The minimum absolute atomic E-state index is 0.364. The first-order valence-electron chi connectivity index (χ1n) is 8.50. The number of hydrogen-bond donors (Lipinski definition) is 1. The molecule has 0 radical (unpaired) electrons. The van der Waals surface area contributed by atoms with Gasteiger partial charge in [0.05, 0.1) is 19.8 Å². The molecule has 1 unspecified atom stereocenters. The fraction of sp³-hybridized carbons (Fsp3) is 0.611. The average Bonchev–Trinajstić information content (AvgIpc) is 3.30. The average molecular weight is 315 g/mol. The molecule has 0 amide bonds. The van der Waals surface area contributed by atoms with Gasteiger partial charge in [-0.3, -0.25) is 4.99 Å². The van der Waals surface area contributed by atoms with Crippen molar-refractivity contribution < 1.29 is 9.47 Å². The van der Waals surface area contributed by atoms with E-state index >= 15 is 0 Å². The van der Waals surface area contributed by atoms with Gasteiger partial charge in [0.2, 0.25) is 0 Å². The van der Waals surface area contributed by atoms with Crippen molar-refractivity contribution in [3.63, 3.8) is 0 Å². The summed E-state index contributed by atoms with van der Waals surface area (Å²) < 4.78 is 11.1. The minimum atomic E-state index is 0.364. The van der Waals surface area contributed by atoms with Crippen LogP contribution in [0.2, 0.25) is 0 Å². The van der Waals surface area contributed by atoms with Crippen LogP contribution < -0.4 is 5.32 Å². The Bertz CT molecular complexity index is 608. The standard InChI is InChI=1S/C18H25N3O2/c1-19-17(21-6-4-18(12-21)5-7-22-13-18)20-9-14-2-3-15-10-23-11-16(15)8-14/h2-3,8H,4-7,9-13H2,1H3,(H,19,20). The molecular weight excluding hydrogens is 290 g/mol. The van der Waals surface area contributed by atoms with Crippen LogP contribution in [0, 0.1) is 5.41 Å². The zero-order valence-electron chi connectivity index (χ0n) is 13.8. The Morgan fingerprint density at radius 2 is 2.17 bits per heavy atom. The molecule has 0 aliphatic carbocycles. The second-order valence-corrected chi connectivity index (χ2v) is 6.97. The SMILES string of the molecule is CN=C(NCc1ccc2c(c1)COC2)N1CCC2(CCOC2)C1. The summed E-state index contributed by atoms with van der Waals surface area (Å²) in [7, 11) is 1.87. The zero-order chi connectivity index (χ0) is 15.7. The molecule has 23 heavy (non-hydrogen) atoms. The Morgan fingerprint density at radius 3 is 3.00 bits per heavy atom. The van der Waals surface area contributed by atoms with Gasteiger partial charge in [0, 0.05) is 38.7 Å². The lowest BCUT2D eigenvalue weighted by molar-refractivity contribution is 0.134. The van der Waals surface area contributed by atoms with Gasteiger partial charge in [-0.15, -0.1) is 0 Å². The molecule has 0 bridgehead atoms. The van der Waals surface area contributed by atoms with Crippen LogP contribution in [0.1, 0.15) is 29.5 Å². The monoisotopic (exact) mass is 315 g/mol. The summed E-state index contributed by atoms with van der Waals surface area (Å²) in [6.45, 7) is 6.25. The molecule has 2 saturated heterocycles. The molecule has 1 spiro atoms. The number of fused-ring (bicyclic) bond motifs is 1. The zero-order valence-corrected chi connectivity index (χ0v) is 13.8. The first-order chi connectivity index (χ1) is 11.3. The number of guanidine groups is 1. The van der Waals surface area contributed by atoms with Crippen LogP contribution in [0.5, 0.6) is 0 Å². The van der Waals surface area contributed by atoms with Crippen LogP contribution in [0.15, 0.2) is 23.2 Å². The number of rotatable bonds is 2. The predicted octanol–water partition coefficient (Wildman–Crippen LogP) is 1.90. The highest BCUT2D eigenvalue weighted by molar-refractivity contribution is 5.80. The first-order valence-corrected chi connectivity index (χ1v) is 8.50. The molecule has 3 aliphatic heterocycles. The molecule has 124 valence electrons. The highest BCUT2D eigenvalue weighted by Crippen LogP contribution is 2.38. The molecule has 2 fully saturated rings. The summed E-state index contributed by atoms with van der Waals surface area (Å²) in [5.74, 6) is 1.01. The van der Waals surface area contributed by atoms with Gasteiger partial charge in [-0.25, -0.2) is 0 Å².